The fraction of sp³-hybridized carbons (Fsp3) is 0.944. The summed E-state index contributed by atoms with van der Waals surface area (Å²) in [7, 11) is 0. The summed E-state index contributed by atoms with van der Waals surface area (Å²) in [6.07, 6.45) is 2.76. The first-order valence-electron chi connectivity index (χ1n) is 8.14. The Balaban J connectivity index is 0. The van der Waals surface area contributed by atoms with E-state index in [2.05, 4.69) is 60.7 Å². The molecule has 0 unspecified atom stereocenters. The van der Waals surface area contributed by atoms with E-state index in [9.17, 15) is 4.79 Å². The lowest BCUT2D eigenvalue weighted by molar-refractivity contribution is -0.123. The third-order valence-corrected chi connectivity index (χ3v) is 3.37. The van der Waals surface area contributed by atoms with Gasteiger partial charge in [-0.1, -0.05) is 75.7 Å². The van der Waals surface area contributed by atoms with Gasteiger partial charge in [0.1, 0.15) is 0 Å². The topological polar surface area (TPSA) is 29.1 Å². The molecule has 0 aromatic rings. The van der Waals surface area contributed by atoms with Gasteiger partial charge in [0.25, 0.3) is 0 Å². The van der Waals surface area contributed by atoms with Crippen LogP contribution in [0.2, 0.25) is 0 Å². The summed E-state index contributed by atoms with van der Waals surface area (Å²) < 4.78 is 0. The van der Waals surface area contributed by atoms with Crippen molar-refractivity contribution in [2.45, 2.75) is 88.5 Å². The van der Waals surface area contributed by atoms with E-state index < -0.39 is 0 Å². The maximum absolute atomic E-state index is 11.9. The molecule has 1 N–H and O–H groups in total. The zero-order valence-electron chi connectivity index (χ0n) is 15.7. The molecule has 0 rings (SSSR count). The Morgan fingerprint density at radius 3 is 1.70 bits per heavy atom. The van der Waals surface area contributed by atoms with Gasteiger partial charge in [-0.3, -0.25) is 4.79 Å². The van der Waals surface area contributed by atoms with Gasteiger partial charge in [0.05, 0.1) is 0 Å². The van der Waals surface area contributed by atoms with Gasteiger partial charge < -0.3 is 5.32 Å². The average Bonchev–Trinajstić information content (AvgIpc) is 2.26. The van der Waals surface area contributed by atoms with E-state index in [0.717, 1.165) is 19.4 Å². The first-order chi connectivity index (χ1) is 8.87. The molecule has 0 bridgehead atoms. The van der Waals surface area contributed by atoms with Crippen LogP contribution >= 0.6 is 0 Å². The molecule has 0 aliphatic rings. The molecule has 0 radical (unpaired) electrons. The number of hydrogen-bond acceptors (Lipinski definition) is 1. The predicted molar refractivity (Wildman–Crippen MR) is 90.9 cm³/mol. The van der Waals surface area contributed by atoms with Gasteiger partial charge in [0, 0.05) is 13.0 Å². The van der Waals surface area contributed by atoms with Crippen LogP contribution in [0.5, 0.6) is 0 Å². The Bertz CT molecular complexity index is 272. The molecule has 2 heteroatoms. The molecule has 0 aliphatic heterocycles. The molecule has 20 heavy (non-hydrogen) atoms. The SMILES string of the molecule is CC.CCC(C)(C)CC(=O)NCC(C)(C)CC(C)(C)C. The molecular formula is C18H39NO. The number of amides is 1. The van der Waals surface area contributed by atoms with Crippen LogP contribution in [0.3, 0.4) is 0 Å². The molecule has 0 heterocycles. The van der Waals surface area contributed by atoms with Gasteiger partial charge in [-0.2, -0.15) is 0 Å². The summed E-state index contributed by atoms with van der Waals surface area (Å²) >= 11 is 0. The quantitative estimate of drug-likeness (QED) is 0.694. The van der Waals surface area contributed by atoms with Crippen molar-refractivity contribution in [1.82, 2.24) is 5.32 Å². The monoisotopic (exact) mass is 285 g/mol. The lowest BCUT2D eigenvalue weighted by atomic mass is 9.76. The van der Waals surface area contributed by atoms with E-state index in [1.165, 1.54) is 0 Å². The third-order valence-electron chi connectivity index (χ3n) is 3.37. The van der Waals surface area contributed by atoms with Crippen LogP contribution in [0.25, 0.3) is 0 Å². The first-order valence-corrected chi connectivity index (χ1v) is 8.14. The summed E-state index contributed by atoms with van der Waals surface area (Å²) in [6, 6.07) is 0. The average molecular weight is 286 g/mol. The van der Waals surface area contributed by atoms with Crippen molar-refractivity contribution in [1.29, 1.82) is 0 Å². The van der Waals surface area contributed by atoms with Gasteiger partial charge >= 0.3 is 0 Å². The summed E-state index contributed by atoms with van der Waals surface area (Å²) in [5.41, 5.74) is 0.569. The minimum absolute atomic E-state index is 0.109. The van der Waals surface area contributed by atoms with Crippen molar-refractivity contribution in [3.63, 3.8) is 0 Å². The van der Waals surface area contributed by atoms with E-state index in [1.54, 1.807) is 0 Å². The van der Waals surface area contributed by atoms with Crippen molar-refractivity contribution in [2.24, 2.45) is 16.2 Å². The highest BCUT2D eigenvalue weighted by atomic mass is 16.1. The zero-order chi connectivity index (χ0) is 16.6. The van der Waals surface area contributed by atoms with E-state index in [4.69, 9.17) is 0 Å². The normalized spacial score (nSPS) is 12.5. The Morgan fingerprint density at radius 2 is 1.35 bits per heavy atom. The maximum atomic E-state index is 11.9. The Hall–Kier alpha value is -0.530. The molecule has 0 aliphatic carbocycles. The van der Waals surface area contributed by atoms with Crippen LogP contribution in [0.15, 0.2) is 0 Å². The summed E-state index contributed by atoms with van der Waals surface area (Å²) in [4.78, 5) is 11.9. The second-order valence-electron chi connectivity index (χ2n) is 8.37. The largest absolute Gasteiger partial charge is 0.356 e. The van der Waals surface area contributed by atoms with E-state index in [-0.39, 0.29) is 16.7 Å². The van der Waals surface area contributed by atoms with Gasteiger partial charge in [-0.05, 0) is 22.7 Å². The molecule has 0 atom stereocenters. The van der Waals surface area contributed by atoms with Crippen LogP contribution in [-0.2, 0) is 4.79 Å². The molecule has 0 spiro atoms. The zero-order valence-corrected chi connectivity index (χ0v) is 15.7. The standard InChI is InChI=1S/C16H33NO.C2H6/c1-9-15(5,6)10-13(18)17-12-16(7,8)11-14(2,3)4;1-2/h9-12H2,1-8H3,(H,17,18);1-2H3. The van der Waals surface area contributed by atoms with Gasteiger partial charge in [0.2, 0.25) is 5.91 Å². The number of carbonyl (C=O) groups excluding carboxylic acids is 1. The predicted octanol–water partition coefficient (Wildman–Crippen LogP) is 5.42. The lowest BCUT2D eigenvalue weighted by Gasteiger charge is -2.33. The smallest absolute Gasteiger partial charge is 0.220 e. The second-order valence-corrected chi connectivity index (χ2v) is 8.37. The molecule has 0 saturated carbocycles. The van der Waals surface area contributed by atoms with Crippen LogP contribution in [-0.4, -0.2) is 12.5 Å². The minimum Gasteiger partial charge on any atom is -0.356 e. The fourth-order valence-electron chi connectivity index (χ4n) is 2.46. The number of hydrogen-bond donors (Lipinski definition) is 1. The minimum atomic E-state index is 0.109. The Morgan fingerprint density at radius 1 is 0.900 bits per heavy atom. The Kier molecular flexibility index (Phi) is 9.46. The van der Waals surface area contributed by atoms with Gasteiger partial charge in [-0.15, -0.1) is 0 Å². The van der Waals surface area contributed by atoms with Crippen molar-refractivity contribution >= 4 is 5.91 Å². The molecule has 0 fully saturated rings. The molecule has 1 amide bonds. The highest BCUT2D eigenvalue weighted by Gasteiger charge is 2.27. The molecule has 0 aromatic carbocycles. The van der Waals surface area contributed by atoms with E-state index >= 15 is 0 Å². The van der Waals surface area contributed by atoms with Crippen molar-refractivity contribution < 1.29 is 4.79 Å². The number of carbonyl (C=O) groups is 1. The first kappa shape index (κ1) is 21.8. The van der Waals surface area contributed by atoms with Crippen molar-refractivity contribution in [3.8, 4) is 0 Å². The second kappa shape index (κ2) is 8.69. The lowest BCUT2D eigenvalue weighted by Crippen LogP contribution is -2.37. The molecular weight excluding hydrogens is 246 g/mol. The number of rotatable bonds is 6. The highest BCUT2D eigenvalue weighted by molar-refractivity contribution is 5.76. The van der Waals surface area contributed by atoms with Crippen molar-refractivity contribution in [3.05, 3.63) is 0 Å². The molecule has 2 nitrogen and oxygen atoms in total. The van der Waals surface area contributed by atoms with Gasteiger partial charge in [0.15, 0.2) is 0 Å². The number of nitrogens with one attached hydrogen (secondary N) is 1. The summed E-state index contributed by atoms with van der Waals surface area (Å²) in [6.45, 7) is 22.4. The third kappa shape index (κ3) is 12.5. The van der Waals surface area contributed by atoms with Crippen LogP contribution < -0.4 is 5.32 Å². The molecule has 122 valence electrons. The van der Waals surface area contributed by atoms with E-state index in [1.807, 2.05) is 13.8 Å². The van der Waals surface area contributed by atoms with Crippen LogP contribution in [0.4, 0.5) is 0 Å². The summed E-state index contributed by atoms with van der Waals surface area (Å²) in [5, 5.41) is 3.10. The fourth-order valence-corrected chi connectivity index (χ4v) is 2.46. The van der Waals surface area contributed by atoms with Crippen LogP contribution in [0, 0.1) is 16.2 Å². The Labute approximate surface area is 128 Å². The maximum Gasteiger partial charge on any atom is 0.220 e. The highest BCUT2D eigenvalue weighted by Crippen LogP contribution is 2.32. The molecule has 0 saturated heterocycles. The van der Waals surface area contributed by atoms with Gasteiger partial charge in [-0.25, -0.2) is 0 Å². The summed E-state index contributed by atoms with van der Waals surface area (Å²) in [5.74, 6) is 0.184. The van der Waals surface area contributed by atoms with E-state index in [0.29, 0.717) is 11.8 Å². The van der Waals surface area contributed by atoms with Crippen molar-refractivity contribution in [2.75, 3.05) is 6.54 Å². The van der Waals surface area contributed by atoms with Crippen LogP contribution in [0.1, 0.15) is 88.5 Å². The molecule has 0 aromatic heterocycles.